The van der Waals surface area contributed by atoms with Gasteiger partial charge in [-0.05, 0) is 71.7 Å². The van der Waals surface area contributed by atoms with Gasteiger partial charge < -0.3 is 34.7 Å². The van der Waals surface area contributed by atoms with Gasteiger partial charge in [0.1, 0.15) is 19.0 Å². The predicted molar refractivity (Wildman–Crippen MR) is 179 cm³/mol. The first kappa shape index (κ1) is 35.2. The topological polar surface area (TPSA) is 140 Å². The van der Waals surface area contributed by atoms with Gasteiger partial charge in [0.05, 0.1) is 36.0 Å². The number of benzene rings is 3. The second kappa shape index (κ2) is 16.2. The van der Waals surface area contributed by atoms with Crippen molar-refractivity contribution in [1.82, 2.24) is 16.1 Å². The zero-order valence-corrected chi connectivity index (χ0v) is 28.7. The largest absolute Gasteiger partial charge is 0.490 e. The molecule has 2 atom stereocenters. The normalized spacial score (nSPS) is 15.2. The minimum atomic E-state index is -1.22. The van der Waals surface area contributed by atoms with Gasteiger partial charge in [-0.1, -0.05) is 46.9 Å². The van der Waals surface area contributed by atoms with Crippen LogP contribution in [0.25, 0.3) is 0 Å². The molecule has 0 aliphatic carbocycles. The molecule has 3 aromatic carbocycles. The van der Waals surface area contributed by atoms with Gasteiger partial charge >= 0.3 is 12.0 Å². The van der Waals surface area contributed by atoms with Crippen LogP contribution < -0.4 is 30.3 Å². The molecule has 0 spiro atoms. The van der Waals surface area contributed by atoms with Gasteiger partial charge in [0.2, 0.25) is 0 Å². The van der Waals surface area contributed by atoms with Gasteiger partial charge in [-0.25, -0.2) is 9.59 Å². The fraction of sp³-hybridized carbons (Fsp3) is 0.258. The summed E-state index contributed by atoms with van der Waals surface area (Å²) in [4.78, 5) is 24.6. The Kier molecular flexibility index (Phi) is 12.4. The van der Waals surface area contributed by atoms with Crippen molar-refractivity contribution >= 4 is 68.9 Å². The lowest BCUT2D eigenvalue weighted by molar-refractivity contribution is -0.136. The number of allylic oxidation sites excluding steroid dienone is 1. The number of methoxy groups -OCH3 is 1. The second-order valence-corrected chi connectivity index (χ2v) is 11.9. The van der Waals surface area contributed by atoms with E-state index >= 15 is 0 Å². The molecule has 0 bridgehead atoms. The molecule has 0 fully saturated rings. The summed E-state index contributed by atoms with van der Waals surface area (Å²) in [7, 11) is 1.27. The smallest absolute Gasteiger partial charge is 0.337 e. The fourth-order valence-electron chi connectivity index (χ4n) is 4.43. The minimum Gasteiger partial charge on any atom is -0.490 e. The molecule has 0 unspecified atom stereocenters. The number of esters is 1. The van der Waals surface area contributed by atoms with Crippen LogP contribution in [0.4, 0.5) is 4.79 Å². The number of hydrazone groups is 1. The average molecular weight is 757 g/mol. The number of hydrogen-bond donors (Lipinski definition) is 4. The number of hydrogen-bond acceptors (Lipinski definition) is 9. The minimum absolute atomic E-state index is 0.159. The molecule has 1 heterocycles. The average Bonchev–Trinajstić information content (AvgIpc) is 3.00. The van der Waals surface area contributed by atoms with Crippen molar-refractivity contribution in [1.29, 1.82) is 0 Å². The first-order valence-corrected chi connectivity index (χ1v) is 15.7. The molecule has 4 N–H and O–H groups in total. The lowest BCUT2D eigenvalue weighted by atomic mass is 9.95. The SMILES string of the molecule is CCOc1cc([C@H]2NC(=O)NC(C)=C2C(=O)OC)ccc1OC[C@H](O)N/N=C/c1cc(Cl)cc(Br)c1OCc1ccc(Cl)cc1Cl. The van der Waals surface area contributed by atoms with Crippen LogP contribution in [-0.4, -0.2) is 49.9 Å². The number of ether oxygens (including phenoxy) is 4. The van der Waals surface area contributed by atoms with E-state index in [0.717, 1.165) is 5.56 Å². The standard InChI is InChI=1S/C31H30BrCl3N4O7/c1-4-44-25-10-17(28-27(30(41)43-3)16(2)37-31(42)38-28)6-8-24(25)45-15-26(40)39-36-13-19-9-21(34)11-22(32)29(19)46-14-18-5-7-20(33)12-23(18)35/h5-13,26,28,39-40H,4,14-15H2,1-3H3,(H2,37,38,42)/b36-13+/t26-,28+/m0/s1. The maximum Gasteiger partial charge on any atom is 0.337 e. The summed E-state index contributed by atoms with van der Waals surface area (Å²) in [6.07, 6.45) is 0.228. The summed E-state index contributed by atoms with van der Waals surface area (Å²) < 4.78 is 23.1. The number of aliphatic hydroxyl groups is 1. The molecule has 2 amide bonds. The Balaban J connectivity index is 1.43. The van der Waals surface area contributed by atoms with E-state index in [9.17, 15) is 14.7 Å². The fourth-order valence-corrected chi connectivity index (χ4v) is 5.84. The summed E-state index contributed by atoms with van der Waals surface area (Å²) in [5.41, 5.74) is 5.06. The Morgan fingerprint density at radius 1 is 1.09 bits per heavy atom. The monoisotopic (exact) mass is 754 g/mol. The second-order valence-electron chi connectivity index (χ2n) is 9.75. The van der Waals surface area contributed by atoms with Crippen LogP contribution in [0, 0.1) is 0 Å². The molecule has 11 nitrogen and oxygen atoms in total. The zero-order chi connectivity index (χ0) is 33.4. The van der Waals surface area contributed by atoms with E-state index in [2.05, 4.69) is 37.1 Å². The van der Waals surface area contributed by atoms with E-state index in [1.165, 1.54) is 13.3 Å². The van der Waals surface area contributed by atoms with Crippen molar-refractivity contribution in [2.45, 2.75) is 32.7 Å². The lowest BCUT2D eigenvalue weighted by Crippen LogP contribution is -2.45. The van der Waals surface area contributed by atoms with Gasteiger partial charge in [-0.2, -0.15) is 5.10 Å². The molecule has 1 aliphatic rings. The van der Waals surface area contributed by atoms with Crippen molar-refractivity contribution in [2.75, 3.05) is 20.3 Å². The van der Waals surface area contributed by atoms with Crippen LogP contribution in [0.15, 0.2) is 69.4 Å². The highest BCUT2D eigenvalue weighted by Crippen LogP contribution is 2.36. The molecular formula is C31H30BrCl3N4O7. The number of amides is 2. The Hall–Kier alpha value is -3.68. The number of nitrogens with zero attached hydrogens (tertiary/aromatic N) is 1. The van der Waals surface area contributed by atoms with E-state index in [-0.39, 0.29) is 18.8 Å². The number of rotatable bonds is 13. The molecule has 15 heteroatoms. The third-order valence-electron chi connectivity index (χ3n) is 6.52. The Morgan fingerprint density at radius 3 is 2.59 bits per heavy atom. The van der Waals surface area contributed by atoms with Crippen molar-refractivity contribution in [2.24, 2.45) is 5.10 Å². The van der Waals surface area contributed by atoms with Crippen LogP contribution >= 0.6 is 50.7 Å². The molecule has 1 aliphatic heterocycles. The lowest BCUT2D eigenvalue weighted by Gasteiger charge is -2.28. The number of aliphatic hydroxyl groups excluding tert-OH is 1. The molecule has 0 aromatic heterocycles. The van der Waals surface area contributed by atoms with E-state index in [1.807, 2.05) is 0 Å². The summed E-state index contributed by atoms with van der Waals surface area (Å²) in [5, 5.41) is 21.4. The summed E-state index contributed by atoms with van der Waals surface area (Å²) >= 11 is 22.0. The number of carbonyl (C=O) groups is 2. The molecule has 46 heavy (non-hydrogen) atoms. The predicted octanol–water partition coefficient (Wildman–Crippen LogP) is 6.51. The molecule has 0 saturated carbocycles. The molecular weight excluding hydrogens is 727 g/mol. The van der Waals surface area contributed by atoms with Crippen LogP contribution in [0.2, 0.25) is 15.1 Å². The van der Waals surface area contributed by atoms with Crippen LogP contribution in [-0.2, 0) is 16.1 Å². The van der Waals surface area contributed by atoms with E-state index < -0.39 is 24.3 Å². The maximum atomic E-state index is 12.5. The van der Waals surface area contributed by atoms with Crippen molar-refractivity contribution in [3.05, 3.63) is 96.0 Å². The van der Waals surface area contributed by atoms with Gasteiger partial charge in [0.25, 0.3) is 0 Å². The molecule has 0 saturated heterocycles. The quantitative estimate of drug-likeness (QED) is 0.0671. The Morgan fingerprint density at radius 2 is 1.87 bits per heavy atom. The van der Waals surface area contributed by atoms with Crippen LogP contribution in [0.3, 0.4) is 0 Å². The number of urea groups is 1. The van der Waals surface area contributed by atoms with Gasteiger partial charge in [0.15, 0.2) is 17.7 Å². The third kappa shape index (κ3) is 8.98. The van der Waals surface area contributed by atoms with Crippen molar-refractivity contribution < 1.29 is 33.6 Å². The number of nitrogens with one attached hydrogen (secondary N) is 3. The van der Waals surface area contributed by atoms with E-state index in [1.54, 1.807) is 62.4 Å². The summed E-state index contributed by atoms with van der Waals surface area (Å²) in [6, 6.07) is 12.2. The Bertz CT molecular complexity index is 1670. The molecule has 244 valence electrons. The van der Waals surface area contributed by atoms with Crippen LogP contribution in [0.5, 0.6) is 17.2 Å². The highest BCUT2D eigenvalue weighted by Gasteiger charge is 2.32. The van der Waals surface area contributed by atoms with Gasteiger partial charge in [-0.15, -0.1) is 0 Å². The molecule has 4 rings (SSSR count). The van der Waals surface area contributed by atoms with Crippen LogP contribution in [0.1, 0.15) is 36.6 Å². The van der Waals surface area contributed by atoms with Crippen molar-refractivity contribution in [3.63, 3.8) is 0 Å². The zero-order valence-electron chi connectivity index (χ0n) is 24.8. The number of carbonyl (C=O) groups excluding carboxylic acids is 2. The van der Waals surface area contributed by atoms with E-state index in [0.29, 0.717) is 60.2 Å². The first-order valence-electron chi connectivity index (χ1n) is 13.8. The Labute approximate surface area is 288 Å². The van der Waals surface area contributed by atoms with Gasteiger partial charge in [-0.3, -0.25) is 5.43 Å². The highest BCUT2D eigenvalue weighted by atomic mass is 79.9. The third-order valence-corrected chi connectivity index (χ3v) is 7.92. The van der Waals surface area contributed by atoms with Crippen molar-refractivity contribution in [3.8, 4) is 17.2 Å². The summed E-state index contributed by atoms with van der Waals surface area (Å²) in [5.74, 6) is 0.541. The molecule has 0 radical (unpaired) electrons. The van der Waals surface area contributed by atoms with Gasteiger partial charge in [0, 0.05) is 31.9 Å². The summed E-state index contributed by atoms with van der Waals surface area (Å²) in [6.45, 7) is 3.68. The number of halogens is 4. The van der Waals surface area contributed by atoms with E-state index in [4.69, 9.17) is 53.8 Å². The molecule has 3 aromatic rings. The maximum absolute atomic E-state index is 12.5. The highest BCUT2D eigenvalue weighted by molar-refractivity contribution is 9.10. The first-order chi connectivity index (χ1) is 22.0.